The fraction of sp³-hybridized carbons (Fsp3) is 0.125. The molecule has 0 saturated carbocycles. The molecule has 0 aliphatic heterocycles. The summed E-state index contributed by atoms with van der Waals surface area (Å²) in [4.78, 5) is 9.76. The van der Waals surface area contributed by atoms with Gasteiger partial charge < -0.3 is 4.74 Å². The van der Waals surface area contributed by atoms with Crippen molar-refractivity contribution < 1.29 is 9.53 Å². The zero-order valence-electron chi connectivity index (χ0n) is 5.66. The van der Waals surface area contributed by atoms with E-state index in [4.69, 9.17) is 11.6 Å². The number of alkyl halides is 1. The quantitative estimate of drug-likeness (QED) is 0.647. The van der Waals surface area contributed by atoms with Crippen LogP contribution in [0.15, 0.2) is 30.3 Å². The standard InChI is InChI=1S/C8H6ClO2/c9-8(11-6-10)7-4-2-1-3-5-7/h1-5,8H/t8-/m0/s1. The predicted molar refractivity (Wildman–Crippen MR) is 41.8 cm³/mol. The molecule has 1 radical (unpaired) electrons. The number of carbonyl (C=O) groups excluding carboxylic acids is 1. The maximum absolute atomic E-state index is 9.76. The fourth-order valence-corrected chi connectivity index (χ4v) is 0.896. The van der Waals surface area contributed by atoms with E-state index in [0.29, 0.717) is 0 Å². The molecule has 0 spiro atoms. The summed E-state index contributed by atoms with van der Waals surface area (Å²) in [6.07, 6.45) is 0. The molecule has 0 saturated heterocycles. The topological polar surface area (TPSA) is 26.3 Å². The van der Waals surface area contributed by atoms with Crippen molar-refractivity contribution in [2.75, 3.05) is 0 Å². The highest BCUT2D eigenvalue weighted by Gasteiger charge is 2.05. The van der Waals surface area contributed by atoms with Crippen molar-refractivity contribution in [3.8, 4) is 0 Å². The molecule has 3 heteroatoms. The zero-order valence-corrected chi connectivity index (χ0v) is 6.41. The Labute approximate surface area is 69.7 Å². The first-order chi connectivity index (χ1) is 5.34. The molecule has 1 aromatic carbocycles. The molecule has 0 aliphatic rings. The summed E-state index contributed by atoms with van der Waals surface area (Å²) in [6, 6.07) is 9.04. The molecule has 0 N–H and O–H groups in total. The van der Waals surface area contributed by atoms with E-state index >= 15 is 0 Å². The second-order valence-corrected chi connectivity index (χ2v) is 2.32. The van der Waals surface area contributed by atoms with Gasteiger partial charge in [-0.05, 0) is 0 Å². The van der Waals surface area contributed by atoms with Crippen molar-refractivity contribution in [1.29, 1.82) is 0 Å². The van der Waals surface area contributed by atoms with Gasteiger partial charge in [-0.3, -0.25) is 0 Å². The number of hydrogen-bond acceptors (Lipinski definition) is 2. The van der Waals surface area contributed by atoms with Crippen LogP contribution < -0.4 is 0 Å². The van der Waals surface area contributed by atoms with Crippen LogP contribution in [-0.2, 0) is 9.53 Å². The molecule has 0 aromatic heterocycles. The number of ether oxygens (including phenoxy) is 1. The van der Waals surface area contributed by atoms with E-state index < -0.39 is 5.56 Å². The minimum atomic E-state index is -0.728. The van der Waals surface area contributed by atoms with Gasteiger partial charge in [0.05, 0.1) is 0 Å². The Morgan fingerprint density at radius 2 is 2.00 bits per heavy atom. The van der Waals surface area contributed by atoms with Crippen LogP contribution in [-0.4, -0.2) is 6.47 Å². The van der Waals surface area contributed by atoms with Gasteiger partial charge in [-0.25, -0.2) is 4.79 Å². The molecule has 0 heterocycles. The van der Waals surface area contributed by atoms with Crippen LogP contribution in [0.5, 0.6) is 0 Å². The fourth-order valence-electron chi connectivity index (χ4n) is 0.715. The molecule has 1 atom stereocenters. The monoisotopic (exact) mass is 169 g/mol. The Morgan fingerprint density at radius 1 is 1.36 bits per heavy atom. The average Bonchev–Trinajstić information content (AvgIpc) is 2.07. The van der Waals surface area contributed by atoms with E-state index in [1.807, 2.05) is 18.2 Å². The summed E-state index contributed by atoms with van der Waals surface area (Å²) in [7, 11) is 0. The van der Waals surface area contributed by atoms with Crippen LogP contribution in [0.25, 0.3) is 0 Å². The second-order valence-electron chi connectivity index (χ2n) is 1.93. The van der Waals surface area contributed by atoms with Crippen LogP contribution >= 0.6 is 11.6 Å². The molecule has 57 valence electrons. The lowest BCUT2D eigenvalue weighted by Gasteiger charge is -2.04. The molecule has 0 fully saturated rings. The molecule has 0 unspecified atom stereocenters. The summed E-state index contributed by atoms with van der Waals surface area (Å²) in [5, 5.41) is 0. The van der Waals surface area contributed by atoms with E-state index in [2.05, 4.69) is 4.74 Å². The minimum absolute atomic E-state index is 0.728. The van der Waals surface area contributed by atoms with Gasteiger partial charge in [-0.2, -0.15) is 0 Å². The first-order valence-electron chi connectivity index (χ1n) is 3.06. The van der Waals surface area contributed by atoms with Crippen molar-refractivity contribution >= 4 is 18.1 Å². The Kier molecular flexibility index (Phi) is 2.93. The smallest absolute Gasteiger partial charge is 0.419 e. The number of halogens is 1. The van der Waals surface area contributed by atoms with Gasteiger partial charge in [0.25, 0.3) is 0 Å². The van der Waals surface area contributed by atoms with Crippen molar-refractivity contribution in [3.63, 3.8) is 0 Å². The molecule has 0 bridgehead atoms. The number of hydrogen-bond donors (Lipinski definition) is 0. The first kappa shape index (κ1) is 8.08. The van der Waals surface area contributed by atoms with Crippen LogP contribution in [0.4, 0.5) is 0 Å². The Hall–Kier alpha value is -1.02. The molecular weight excluding hydrogens is 164 g/mol. The Bertz CT molecular complexity index is 223. The maximum atomic E-state index is 9.76. The van der Waals surface area contributed by atoms with Crippen LogP contribution in [0, 0.1) is 0 Å². The third-order valence-corrected chi connectivity index (χ3v) is 1.55. The van der Waals surface area contributed by atoms with Crippen molar-refractivity contribution in [2.24, 2.45) is 0 Å². The van der Waals surface area contributed by atoms with Gasteiger partial charge in [-0.15, -0.1) is 0 Å². The van der Waals surface area contributed by atoms with E-state index in [1.54, 1.807) is 12.1 Å². The molecular formula is C8H6ClO2. The minimum Gasteiger partial charge on any atom is -0.433 e. The highest BCUT2D eigenvalue weighted by atomic mass is 35.5. The highest BCUT2D eigenvalue weighted by Crippen LogP contribution is 2.19. The lowest BCUT2D eigenvalue weighted by Crippen LogP contribution is -1.93. The second kappa shape index (κ2) is 3.98. The maximum Gasteiger partial charge on any atom is 0.419 e. The van der Waals surface area contributed by atoms with E-state index in [1.165, 1.54) is 6.47 Å². The van der Waals surface area contributed by atoms with Crippen molar-refractivity contribution in [3.05, 3.63) is 35.9 Å². The summed E-state index contributed by atoms with van der Waals surface area (Å²) < 4.78 is 4.39. The third-order valence-electron chi connectivity index (χ3n) is 1.21. The largest absolute Gasteiger partial charge is 0.433 e. The van der Waals surface area contributed by atoms with Gasteiger partial charge >= 0.3 is 6.47 Å². The van der Waals surface area contributed by atoms with Gasteiger partial charge in [-0.1, -0.05) is 41.9 Å². The van der Waals surface area contributed by atoms with Crippen molar-refractivity contribution in [1.82, 2.24) is 0 Å². The average molecular weight is 170 g/mol. The van der Waals surface area contributed by atoms with E-state index in [9.17, 15) is 4.79 Å². The summed E-state index contributed by atoms with van der Waals surface area (Å²) in [6.45, 7) is 1.28. The summed E-state index contributed by atoms with van der Waals surface area (Å²) in [5.41, 5.74) is 0.0196. The number of rotatable bonds is 3. The lowest BCUT2D eigenvalue weighted by atomic mass is 10.2. The van der Waals surface area contributed by atoms with Crippen LogP contribution in [0.2, 0.25) is 0 Å². The predicted octanol–water partition coefficient (Wildman–Crippen LogP) is 2.01. The number of benzene rings is 1. The van der Waals surface area contributed by atoms with Crippen LogP contribution in [0.1, 0.15) is 11.1 Å². The summed E-state index contributed by atoms with van der Waals surface area (Å²) in [5.74, 6) is 0. The highest BCUT2D eigenvalue weighted by molar-refractivity contribution is 6.20. The molecule has 1 aromatic rings. The summed E-state index contributed by atoms with van der Waals surface area (Å²) >= 11 is 5.62. The Balaban J connectivity index is 2.68. The SMILES string of the molecule is O=[C]O[C@H](Cl)c1ccccc1. The lowest BCUT2D eigenvalue weighted by molar-refractivity contribution is 0.251. The molecule has 1 rings (SSSR count). The van der Waals surface area contributed by atoms with Gasteiger partial charge in [0.15, 0.2) is 0 Å². The molecule has 2 nitrogen and oxygen atoms in total. The van der Waals surface area contributed by atoms with Crippen LogP contribution in [0.3, 0.4) is 0 Å². The van der Waals surface area contributed by atoms with E-state index in [0.717, 1.165) is 5.56 Å². The molecule has 0 amide bonds. The van der Waals surface area contributed by atoms with Gasteiger partial charge in [0, 0.05) is 5.56 Å². The zero-order chi connectivity index (χ0) is 8.10. The van der Waals surface area contributed by atoms with Gasteiger partial charge in [0.2, 0.25) is 5.56 Å². The molecule has 11 heavy (non-hydrogen) atoms. The first-order valence-corrected chi connectivity index (χ1v) is 3.50. The third kappa shape index (κ3) is 2.24. The molecule has 0 aliphatic carbocycles. The normalized spacial score (nSPS) is 12.1. The van der Waals surface area contributed by atoms with Gasteiger partial charge in [0.1, 0.15) is 0 Å². The van der Waals surface area contributed by atoms with Crippen molar-refractivity contribution in [2.45, 2.75) is 5.56 Å². The van der Waals surface area contributed by atoms with E-state index in [-0.39, 0.29) is 0 Å². The Morgan fingerprint density at radius 3 is 2.55 bits per heavy atom.